The van der Waals surface area contributed by atoms with Crippen molar-refractivity contribution in [2.45, 2.75) is 44.6 Å². The van der Waals surface area contributed by atoms with Gasteiger partial charge in [0.2, 0.25) is 0 Å². The molecule has 1 atom stereocenters. The van der Waals surface area contributed by atoms with Crippen molar-refractivity contribution in [2.24, 2.45) is 5.92 Å². The number of aliphatic hydroxyl groups excluding tert-OH is 1. The van der Waals surface area contributed by atoms with Crippen molar-refractivity contribution in [1.29, 1.82) is 0 Å². The predicted octanol–water partition coefficient (Wildman–Crippen LogP) is 4.73. The Morgan fingerprint density at radius 1 is 1.17 bits per heavy atom. The van der Waals surface area contributed by atoms with E-state index in [-0.39, 0.29) is 5.56 Å². The standard InChI is InChI=1S/C14H17BrF2O/c15-10-7-11(16)14(12(17)8-10)13(18)6-9-4-2-1-3-5-9/h7-9,13,18H,1-6H2. The highest BCUT2D eigenvalue weighted by atomic mass is 79.9. The zero-order chi connectivity index (χ0) is 13.1. The zero-order valence-corrected chi connectivity index (χ0v) is 11.7. The van der Waals surface area contributed by atoms with Gasteiger partial charge in [0.15, 0.2) is 0 Å². The van der Waals surface area contributed by atoms with Crippen LogP contribution in [0.25, 0.3) is 0 Å². The van der Waals surface area contributed by atoms with Crippen molar-refractivity contribution in [3.8, 4) is 0 Å². The SMILES string of the molecule is OC(CC1CCCCC1)c1c(F)cc(Br)cc1F. The Morgan fingerprint density at radius 2 is 1.72 bits per heavy atom. The van der Waals surface area contributed by atoms with Crippen molar-refractivity contribution >= 4 is 15.9 Å². The predicted molar refractivity (Wildman–Crippen MR) is 70.2 cm³/mol. The summed E-state index contributed by atoms with van der Waals surface area (Å²) in [5.74, 6) is -0.966. The monoisotopic (exact) mass is 318 g/mol. The molecule has 0 amide bonds. The Hall–Kier alpha value is -0.480. The first-order valence-corrected chi connectivity index (χ1v) is 7.19. The minimum absolute atomic E-state index is 0.191. The summed E-state index contributed by atoms with van der Waals surface area (Å²) < 4.78 is 27.7. The highest BCUT2D eigenvalue weighted by Gasteiger charge is 2.23. The zero-order valence-electron chi connectivity index (χ0n) is 10.1. The minimum Gasteiger partial charge on any atom is -0.388 e. The van der Waals surface area contributed by atoms with Crippen LogP contribution in [-0.4, -0.2) is 5.11 Å². The van der Waals surface area contributed by atoms with Gasteiger partial charge < -0.3 is 5.11 Å². The molecule has 1 N–H and O–H groups in total. The van der Waals surface area contributed by atoms with Gasteiger partial charge in [0, 0.05) is 4.47 Å². The van der Waals surface area contributed by atoms with Crippen molar-refractivity contribution in [3.05, 3.63) is 33.8 Å². The molecule has 0 aliphatic heterocycles. The molecule has 1 nitrogen and oxygen atoms in total. The lowest BCUT2D eigenvalue weighted by atomic mass is 9.84. The highest BCUT2D eigenvalue weighted by Crippen LogP contribution is 2.34. The summed E-state index contributed by atoms with van der Waals surface area (Å²) in [6.07, 6.45) is 5.06. The summed E-state index contributed by atoms with van der Waals surface area (Å²) in [6, 6.07) is 2.39. The molecule has 100 valence electrons. The van der Waals surface area contributed by atoms with Crippen LogP contribution in [0.15, 0.2) is 16.6 Å². The maximum Gasteiger partial charge on any atom is 0.133 e. The molecule has 1 fully saturated rings. The maximum absolute atomic E-state index is 13.7. The van der Waals surface area contributed by atoms with E-state index in [0.717, 1.165) is 25.7 Å². The minimum atomic E-state index is -1.04. The second-order valence-electron chi connectivity index (χ2n) is 5.04. The van der Waals surface area contributed by atoms with Crippen molar-refractivity contribution < 1.29 is 13.9 Å². The number of halogens is 3. The third kappa shape index (κ3) is 3.29. The van der Waals surface area contributed by atoms with Crippen LogP contribution in [0.5, 0.6) is 0 Å². The largest absolute Gasteiger partial charge is 0.388 e. The maximum atomic E-state index is 13.7. The fourth-order valence-electron chi connectivity index (χ4n) is 2.73. The highest BCUT2D eigenvalue weighted by molar-refractivity contribution is 9.10. The molecular weight excluding hydrogens is 302 g/mol. The Labute approximate surface area is 114 Å². The van der Waals surface area contributed by atoms with E-state index >= 15 is 0 Å². The van der Waals surface area contributed by atoms with Crippen molar-refractivity contribution in [1.82, 2.24) is 0 Å². The van der Waals surface area contributed by atoms with Gasteiger partial charge in [-0.15, -0.1) is 0 Å². The lowest BCUT2D eigenvalue weighted by molar-refractivity contribution is 0.124. The van der Waals surface area contributed by atoms with E-state index in [1.807, 2.05) is 0 Å². The summed E-state index contributed by atoms with van der Waals surface area (Å²) in [5.41, 5.74) is -0.191. The Bertz CT molecular complexity index is 393. The van der Waals surface area contributed by atoms with Crippen LogP contribution in [0.3, 0.4) is 0 Å². The van der Waals surface area contributed by atoms with Gasteiger partial charge in [0.1, 0.15) is 11.6 Å². The molecule has 1 saturated carbocycles. The topological polar surface area (TPSA) is 20.2 Å². The Balaban J connectivity index is 2.10. The fourth-order valence-corrected chi connectivity index (χ4v) is 3.13. The van der Waals surface area contributed by atoms with Crippen molar-refractivity contribution in [3.63, 3.8) is 0 Å². The number of rotatable bonds is 3. The van der Waals surface area contributed by atoms with Gasteiger partial charge >= 0.3 is 0 Å². The summed E-state index contributed by atoms with van der Waals surface area (Å²) in [7, 11) is 0. The molecule has 0 bridgehead atoms. The molecule has 0 aromatic heterocycles. The molecule has 2 rings (SSSR count). The number of benzene rings is 1. The van der Waals surface area contributed by atoms with Crippen LogP contribution in [0, 0.1) is 17.6 Å². The Morgan fingerprint density at radius 3 is 2.28 bits per heavy atom. The lowest BCUT2D eigenvalue weighted by Crippen LogP contribution is -2.13. The molecule has 1 aliphatic carbocycles. The third-order valence-electron chi connectivity index (χ3n) is 3.66. The summed E-state index contributed by atoms with van der Waals surface area (Å²) in [4.78, 5) is 0. The molecule has 1 aliphatic rings. The third-order valence-corrected chi connectivity index (χ3v) is 4.12. The van der Waals surface area contributed by atoms with Gasteiger partial charge in [-0.25, -0.2) is 8.78 Å². The quantitative estimate of drug-likeness (QED) is 0.854. The van der Waals surface area contributed by atoms with Crippen LogP contribution in [0.2, 0.25) is 0 Å². The average molecular weight is 319 g/mol. The molecule has 0 radical (unpaired) electrons. The van der Waals surface area contributed by atoms with Crippen molar-refractivity contribution in [2.75, 3.05) is 0 Å². The fraction of sp³-hybridized carbons (Fsp3) is 0.571. The number of hydrogen-bond donors (Lipinski definition) is 1. The van der Waals surface area contributed by atoms with E-state index in [9.17, 15) is 13.9 Å². The van der Waals surface area contributed by atoms with E-state index in [1.54, 1.807) is 0 Å². The second kappa shape index (κ2) is 6.11. The van der Waals surface area contributed by atoms with E-state index in [4.69, 9.17) is 0 Å². The summed E-state index contributed by atoms with van der Waals surface area (Å²) >= 11 is 3.03. The van der Waals surface area contributed by atoms with Crippen LogP contribution in [-0.2, 0) is 0 Å². The molecule has 1 aromatic carbocycles. The van der Waals surface area contributed by atoms with Crippen LogP contribution >= 0.6 is 15.9 Å². The second-order valence-corrected chi connectivity index (χ2v) is 5.95. The molecule has 0 heterocycles. The molecule has 0 saturated heterocycles. The number of hydrogen-bond acceptors (Lipinski definition) is 1. The van der Waals surface area contributed by atoms with Crippen LogP contribution in [0.1, 0.15) is 50.2 Å². The van der Waals surface area contributed by atoms with Crippen LogP contribution in [0.4, 0.5) is 8.78 Å². The van der Waals surface area contributed by atoms with Gasteiger partial charge in [-0.2, -0.15) is 0 Å². The molecule has 18 heavy (non-hydrogen) atoms. The molecule has 0 spiro atoms. The first kappa shape index (κ1) is 13.9. The van der Waals surface area contributed by atoms with E-state index in [2.05, 4.69) is 15.9 Å². The van der Waals surface area contributed by atoms with E-state index in [0.29, 0.717) is 16.8 Å². The van der Waals surface area contributed by atoms with Gasteiger partial charge in [-0.3, -0.25) is 0 Å². The summed E-state index contributed by atoms with van der Waals surface area (Å²) in [6.45, 7) is 0. The molecule has 4 heteroatoms. The Kier molecular flexibility index (Phi) is 4.73. The van der Waals surface area contributed by atoms with Gasteiger partial charge in [0.05, 0.1) is 11.7 Å². The average Bonchev–Trinajstić information content (AvgIpc) is 2.28. The van der Waals surface area contributed by atoms with Crippen LogP contribution < -0.4 is 0 Å². The molecule has 1 aromatic rings. The first-order chi connectivity index (χ1) is 8.58. The molecule has 1 unspecified atom stereocenters. The molecular formula is C14H17BrF2O. The normalized spacial score (nSPS) is 18.9. The smallest absolute Gasteiger partial charge is 0.133 e. The van der Waals surface area contributed by atoms with Gasteiger partial charge in [-0.05, 0) is 24.5 Å². The van der Waals surface area contributed by atoms with E-state index in [1.165, 1.54) is 18.6 Å². The summed E-state index contributed by atoms with van der Waals surface area (Å²) in [5, 5.41) is 10.0. The number of aliphatic hydroxyl groups is 1. The van der Waals surface area contributed by atoms with Gasteiger partial charge in [0.25, 0.3) is 0 Å². The first-order valence-electron chi connectivity index (χ1n) is 6.40. The van der Waals surface area contributed by atoms with E-state index < -0.39 is 17.7 Å². The lowest BCUT2D eigenvalue weighted by Gasteiger charge is -2.24. The van der Waals surface area contributed by atoms with Gasteiger partial charge in [-0.1, -0.05) is 48.0 Å².